The molecule has 0 radical (unpaired) electrons. The number of carbonyl (C=O) groups is 1. The highest BCUT2D eigenvalue weighted by Gasteiger charge is 2.13. The Bertz CT molecular complexity index is 597. The Morgan fingerprint density at radius 2 is 2.26 bits per heavy atom. The summed E-state index contributed by atoms with van der Waals surface area (Å²) in [7, 11) is 0. The molecule has 1 aromatic carbocycles. The van der Waals surface area contributed by atoms with Gasteiger partial charge in [-0.05, 0) is 32.0 Å². The standard InChI is InChI=1S/C13H14ClN3OS/c1-3-15-11-5-4-9(14)6-10(11)12(18)17-13-16-8(2)7-19-13/h4-7,15H,3H2,1-2H3,(H,16,17,18). The minimum Gasteiger partial charge on any atom is -0.385 e. The van der Waals surface area contributed by atoms with Crippen LogP contribution in [0.15, 0.2) is 23.6 Å². The molecule has 1 heterocycles. The lowest BCUT2D eigenvalue weighted by atomic mass is 10.1. The van der Waals surface area contributed by atoms with E-state index in [1.54, 1.807) is 18.2 Å². The van der Waals surface area contributed by atoms with Crippen molar-refractivity contribution in [1.82, 2.24) is 4.98 Å². The third-order valence-corrected chi connectivity index (χ3v) is 3.54. The molecule has 100 valence electrons. The maximum absolute atomic E-state index is 12.2. The molecule has 0 saturated carbocycles. The minimum atomic E-state index is -0.215. The molecule has 0 fully saturated rings. The predicted octanol–water partition coefficient (Wildman–Crippen LogP) is 3.79. The van der Waals surface area contributed by atoms with Crippen molar-refractivity contribution in [2.24, 2.45) is 0 Å². The highest BCUT2D eigenvalue weighted by molar-refractivity contribution is 7.13. The van der Waals surface area contributed by atoms with E-state index in [1.807, 2.05) is 19.2 Å². The number of carbonyl (C=O) groups excluding carboxylic acids is 1. The fourth-order valence-electron chi connectivity index (χ4n) is 1.62. The molecule has 0 aliphatic heterocycles. The maximum atomic E-state index is 12.2. The Hall–Kier alpha value is -1.59. The number of anilines is 2. The number of aromatic nitrogens is 1. The third kappa shape index (κ3) is 3.45. The molecule has 0 saturated heterocycles. The Kier molecular flexibility index (Phi) is 4.39. The van der Waals surface area contributed by atoms with Crippen LogP contribution in [0.1, 0.15) is 23.0 Å². The highest BCUT2D eigenvalue weighted by Crippen LogP contribution is 2.23. The van der Waals surface area contributed by atoms with Crippen LogP contribution in [0.2, 0.25) is 5.02 Å². The number of halogens is 1. The second kappa shape index (κ2) is 6.04. The van der Waals surface area contributed by atoms with E-state index in [0.717, 1.165) is 17.9 Å². The van der Waals surface area contributed by atoms with Crippen molar-refractivity contribution in [2.75, 3.05) is 17.2 Å². The van der Waals surface area contributed by atoms with E-state index in [4.69, 9.17) is 11.6 Å². The zero-order valence-corrected chi connectivity index (χ0v) is 12.2. The van der Waals surface area contributed by atoms with Gasteiger partial charge < -0.3 is 5.32 Å². The molecular weight excluding hydrogens is 282 g/mol. The molecular formula is C13H14ClN3OS. The van der Waals surface area contributed by atoms with Crippen molar-refractivity contribution in [3.05, 3.63) is 39.9 Å². The number of aryl methyl sites for hydroxylation is 1. The summed E-state index contributed by atoms with van der Waals surface area (Å²) in [5.74, 6) is -0.215. The largest absolute Gasteiger partial charge is 0.385 e. The lowest BCUT2D eigenvalue weighted by Gasteiger charge is -2.10. The van der Waals surface area contributed by atoms with E-state index in [2.05, 4.69) is 15.6 Å². The van der Waals surface area contributed by atoms with E-state index in [1.165, 1.54) is 11.3 Å². The van der Waals surface area contributed by atoms with Crippen LogP contribution in [0.5, 0.6) is 0 Å². The van der Waals surface area contributed by atoms with E-state index < -0.39 is 0 Å². The number of nitrogens with zero attached hydrogens (tertiary/aromatic N) is 1. The predicted molar refractivity (Wildman–Crippen MR) is 80.4 cm³/mol. The molecule has 19 heavy (non-hydrogen) atoms. The molecule has 2 rings (SSSR count). The van der Waals surface area contributed by atoms with Gasteiger partial charge in [0.1, 0.15) is 0 Å². The van der Waals surface area contributed by atoms with Crippen molar-refractivity contribution >= 4 is 39.7 Å². The topological polar surface area (TPSA) is 54.0 Å². The molecule has 4 nitrogen and oxygen atoms in total. The molecule has 0 spiro atoms. The summed E-state index contributed by atoms with van der Waals surface area (Å²) in [6, 6.07) is 5.20. The van der Waals surface area contributed by atoms with Gasteiger partial charge in [0.15, 0.2) is 5.13 Å². The average Bonchev–Trinajstić information content (AvgIpc) is 2.77. The molecule has 6 heteroatoms. The van der Waals surface area contributed by atoms with Crippen LogP contribution in [-0.4, -0.2) is 17.4 Å². The lowest BCUT2D eigenvalue weighted by molar-refractivity contribution is 0.102. The number of hydrogen-bond donors (Lipinski definition) is 2. The van der Waals surface area contributed by atoms with Crippen molar-refractivity contribution in [2.45, 2.75) is 13.8 Å². The van der Waals surface area contributed by atoms with Crippen LogP contribution in [-0.2, 0) is 0 Å². The average molecular weight is 296 g/mol. The van der Waals surface area contributed by atoms with Gasteiger partial charge in [-0.25, -0.2) is 4.98 Å². The first-order chi connectivity index (χ1) is 9.10. The van der Waals surface area contributed by atoms with Gasteiger partial charge in [0, 0.05) is 22.6 Å². The summed E-state index contributed by atoms with van der Waals surface area (Å²) in [5.41, 5.74) is 2.16. The fraction of sp³-hybridized carbons (Fsp3) is 0.231. The molecule has 0 unspecified atom stereocenters. The molecule has 0 bridgehead atoms. The third-order valence-electron chi connectivity index (χ3n) is 2.43. The maximum Gasteiger partial charge on any atom is 0.259 e. The van der Waals surface area contributed by atoms with Crippen molar-refractivity contribution in [1.29, 1.82) is 0 Å². The number of benzene rings is 1. The minimum absolute atomic E-state index is 0.215. The molecule has 2 aromatic rings. The second-order valence-corrected chi connectivity index (χ2v) is 5.26. The summed E-state index contributed by atoms with van der Waals surface area (Å²) in [5, 5.41) is 8.92. The summed E-state index contributed by atoms with van der Waals surface area (Å²) in [6.07, 6.45) is 0. The first-order valence-corrected chi connectivity index (χ1v) is 7.13. The number of nitrogens with one attached hydrogen (secondary N) is 2. The van der Waals surface area contributed by atoms with Gasteiger partial charge in [-0.15, -0.1) is 11.3 Å². The summed E-state index contributed by atoms with van der Waals surface area (Å²) in [4.78, 5) is 16.4. The van der Waals surface area contributed by atoms with Gasteiger partial charge in [0.05, 0.1) is 11.3 Å². The van der Waals surface area contributed by atoms with Crippen LogP contribution in [0.25, 0.3) is 0 Å². The summed E-state index contributed by atoms with van der Waals surface area (Å²) in [6.45, 7) is 4.59. The molecule has 0 aliphatic carbocycles. The SMILES string of the molecule is CCNc1ccc(Cl)cc1C(=O)Nc1nc(C)cs1. The van der Waals surface area contributed by atoms with Crippen molar-refractivity contribution < 1.29 is 4.79 Å². The molecule has 2 N–H and O–H groups in total. The van der Waals surface area contributed by atoms with E-state index in [9.17, 15) is 4.79 Å². The molecule has 1 amide bonds. The lowest BCUT2D eigenvalue weighted by Crippen LogP contribution is -2.14. The zero-order valence-electron chi connectivity index (χ0n) is 10.7. The van der Waals surface area contributed by atoms with Crippen LogP contribution < -0.4 is 10.6 Å². The van der Waals surface area contributed by atoms with Gasteiger partial charge in [-0.3, -0.25) is 10.1 Å². The number of hydrogen-bond acceptors (Lipinski definition) is 4. The van der Waals surface area contributed by atoms with Gasteiger partial charge in [0.2, 0.25) is 0 Å². The van der Waals surface area contributed by atoms with E-state index in [-0.39, 0.29) is 5.91 Å². The van der Waals surface area contributed by atoms with Crippen LogP contribution >= 0.6 is 22.9 Å². The molecule has 1 aromatic heterocycles. The van der Waals surface area contributed by atoms with E-state index in [0.29, 0.717) is 15.7 Å². The van der Waals surface area contributed by atoms with Crippen LogP contribution in [0.4, 0.5) is 10.8 Å². The van der Waals surface area contributed by atoms with Gasteiger partial charge in [0.25, 0.3) is 5.91 Å². The first kappa shape index (κ1) is 13.8. The monoisotopic (exact) mass is 295 g/mol. The van der Waals surface area contributed by atoms with Crippen molar-refractivity contribution in [3.8, 4) is 0 Å². The van der Waals surface area contributed by atoms with E-state index >= 15 is 0 Å². The summed E-state index contributed by atoms with van der Waals surface area (Å²) < 4.78 is 0. The Morgan fingerprint density at radius 3 is 2.89 bits per heavy atom. The Labute approximate surface area is 120 Å². The molecule has 0 aliphatic rings. The highest BCUT2D eigenvalue weighted by atomic mass is 35.5. The smallest absolute Gasteiger partial charge is 0.259 e. The Balaban J connectivity index is 2.24. The second-order valence-electron chi connectivity index (χ2n) is 3.97. The Morgan fingerprint density at radius 1 is 1.47 bits per heavy atom. The number of rotatable bonds is 4. The zero-order chi connectivity index (χ0) is 13.8. The first-order valence-electron chi connectivity index (χ1n) is 5.87. The summed E-state index contributed by atoms with van der Waals surface area (Å²) >= 11 is 7.35. The number of thiazole rings is 1. The fourth-order valence-corrected chi connectivity index (χ4v) is 2.48. The van der Waals surface area contributed by atoms with Gasteiger partial charge in [-0.2, -0.15) is 0 Å². The normalized spacial score (nSPS) is 10.3. The van der Waals surface area contributed by atoms with Gasteiger partial charge >= 0.3 is 0 Å². The number of amides is 1. The van der Waals surface area contributed by atoms with Crippen LogP contribution in [0, 0.1) is 6.92 Å². The van der Waals surface area contributed by atoms with Crippen LogP contribution in [0.3, 0.4) is 0 Å². The quantitative estimate of drug-likeness (QED) is 0.902. The van der Waals surface area contributed by atoms with Crippen molar-refractivity contribution in [3.63, 3.8) is 0 Å². The molecule has 0 atom stereocenters. The van der Waals surface area contributed by atoms with Gasteiger partial charge in [-0.1, -0.05) is 11.6 Å².